The van der Waals surface area contributed by atoms with Crippen LogP contribution in [0.15, 0.2) is 10.2 Å². The van der Waals surface area contributed by atoms with Crippen molar-refractivity contribution < 1.29 is 22.7 Å². The third-order valence-electron chi connectivity index (χ3n) is 1.81. The van der Waals surface area contributed by atoms with Crippen molar-refractivity contribution in [1.29, 1.82) is 0 Å². The Hall–Kier alpha value is -1.14. The molecule has 4 nitrogen and oxygen atoms in total. The van der Waals surface area contributed by atoms with Gasteiger partial charge < -0.3 is 4.74 Å². The number of rotatable bonds is 1. The number of hydrogen-bond acceptors (Lipinski definition) is 4. The van der Waals surface area contributed by atoms with Crippen LogP contribution >= 0.6 is 0 Å². The summed E-state index contributed by atoms with van der Waals surface area (Å²) in [7, 11) is 0.893. The molecule has 0 fully saturated rings. The smallest absolute Gasteiger partial charge is 0.426 e. The number of halogens is 3. The second-order valence-corrected chi connectivity index (χ2v) is 2.56. The van der Waals surface area contributed by atoms with E-state index in [1.54, 1.807) is 0 Å². The molecule has 0 saturated carbocycles. The minimum Gasteiger partial charge on any atom is -0.467 e. The molecule has 0 aromatic carbocycles. The first-order valence-electron chi connectivity index (χ1n) is 3.48. The van der Waals surface area contributed by atoms with Crippen LogP contribution in [0.25, 0.3) is 0 Å². The molecule has 1 rings (SSSR count). The van der Waals surface area contributed by atoms with Crippen LogP contribution in [-0.4, -0.2) is 31.3 Å². The zero-order chi connectivity index (χ0) is 10.1. The Morgan fingerprint density at radius 3 is 2.46 bits per heavy atom. The lowest BCUT2D eigenvalue weighted by Gasteiger charge is -2.23. The van der Waals surface area contributed by atoms with E-state index in [9.17, 15) is 18.0 Å². The van der Waals surface area contributed by atoms with Crippen molar-refractivity contribution >= 4 is 5.97 Å². The predicted octanol–water partition coefficient (Wildman–Crippen LogP) is 1.32. The molecule has 13 heavy (non-hydrogen) atoms. The average Bonchev–Trinajstić information content (AvgIpc) is 2.50. The van der Waals surface area contributed by atoms with Gasteiger partial charge >= 0.3 is 12.1 Å². The molecule has 0 amide bonds. The highest BCUT2D eigenvalue weighted by Crippen LogP contribution is 2.40. The third kappa shape index (κ3) is 1.38. The molecule has 1 unspecified atom stereocenters. The van der Waals surface area contributed by atoms with Gasteiger partial charge in [-0.3, -0.25) is 0 Å². The second-order valence-electron chi connectivity index (χ2n) is 2.56. The zero-order valence-electron chi connectivity index (χ0n) is 6.76. The number of carbonyl (C=O) groups excluding carboxylic acids is 1. The van der Waals surface area contributed by atoms with Crippen LogP contribution in [0, 0.1) is 0 Å². The molecule has 0 saturated heterocycles. The summed E-state index contributed by atoms with van der Waals surface area (Å²) in [4.78, 5) is 10.9. The van der Waals surface area contributed by atoms with Crippen molar-refractivity contribution in [1.82, 2.24) is 0 Å². The summed E-state index contributed by atoms with van der Waals surface area (Å²) in [5.41, 5.74) is -2.76. The van der Waals surface area contributed by atoms with Gasteiger partial charge in [0.15, 0.2) is 0 Å². The number of ether oxygens (including phenoxy) is 1. The molecule has 74 valence electrons. The van der Waals surface area contributed by atoms with Gasteiger partial charge in [0.05, 0.1) is 13.7 Å². The standard InChI is InChI=1S/C6H7F3N2O2/c1-13-4(12)5(6(7,8)9)2-3-10-11-5/h2-3H2,1H3. The van der Waals surface area contributed by atoms with Crippen LogP contribution in [0.2, 0.25) is 0 Å². The Morgan fingerprint density at radius 1 is 1.54 bits per heavy atom. The first kappa shape index (κ1) is 9.94. The average molecular weight is 196 g/mol. The van der Waals surface area contributed by atoms with Gasteiger partial charge in [-0.2, -0.15) is 23.4 Å². The Morgan fingerprint density at radius 2 is 2.15 bits per heavy atom. The maximum Gasteiger partial charge on any atom is 0.426 e. The predicted molar refractivity (Wildman–Crippen MR) is 35.1 cm³/mol. The number of esters is 1. The Kier molecular flexibility index (Phi) is 2.27. The lowest BCUT2D eigenvalue weighted by molar-refractivity contribution is -0.202. The molecule has 1 aliphatic rings. The van der Waals surface area contributed by atoms with Crippen molar-refractivity contribution in [2.75, 3.05) is 13.7 Å². The van der Waals surface area contributed by atoms with Crippen molar-refractivity contribution in [3.05, 3.63) is 0 Å². The van der Waals surface area contributed by atoms with Gasteiger partial charge in [0, 0.05) is 6.42 Å². The maximum absolute atomic E-state index is 12.4. The van der Waals surface area contributed by atoms with Gasteiger partial charge in [-0.25, -0.2) is 4.79 Å². The second kappa shape index (κ2) is 2.97. The molecule has 0 spiro atoms. The van der Waals surface area contributed by atoms with E-state index in [1.807, 2.05) is 0 Å². The fourth-order valence-electron chi connectivity index (χ4n) is 1.06. The summed E-state index contributed by atoms with van der Waals surface area (Å²) in [6.07, 6.45) is -5.21. The molecule has 0 N–H and O–H groups in total. The van der Waals surface area contributed by atoms with Gasteiger partial charge in [-0.1, -0.05) is 0 Å². The van der Waals surface area contributed by atoms with Crippen molar-refractivity contribution in [2.24, 2.45) is 10.2 Å². The van der Waals surface area contributed by atoms with Gasteiger partial charge in [-0.15, -0.1) is 0 Å². The van der Waals surface area contributed by atoms with Crippen LogP contribution < -0.4 is 0 Å². The first-order valence-corrected chi connectivity index (χ1v) is 3.48. The monoisotopic (exact) mass is 196 g/mol. The SMILES string of the molecule is COC(=O)C1(C(F)(F)F)CCN=N1. The summed E-state index contributed by atoms with van der Waals surface area (Å²) in [6.45, 7) is -0.103. The Balaban J connectivity index is 3.02. The minimum atomic E-state index is -4.74. The van der Waals surface area contributed by atoms with Crippen LogP contribution in [-0.2, 0) is 9.53 Å². The Labute approximate surface area is 71.8 Å². The summed E-state index contributed by atoms with van der Waals surface area (Å²) in [5.74, 6) is -1.40. The lowest BCUT2D eigenvalue weighted by atomic mass is 9.97. The molecule has 0 aromatic rings. The molecule has 0 radical (unpaired) electrons. The molecule has 1 aliphatic heterocycles. The fraction of sp³-hybridized carbons (Fsp3) is 0.833. The molecule has 7 heteroatoms. The number of hydrogen-bond donors (Lipinski definition) is 0. The summed E-state index contributed by atoms with van der Waals surface area (Å²) < 4.78 is 41.2. The molecule has 0 bridgehead atoms. The van der Waals surface area contributed by atoms with E-state index in [0.717, 1.165) is 7.11 Å². The highest BCUT2D eigenvalue weighted by atomic mass is 19.4. The van der Waals surface area contributed by atoms with Crippen LogP contribution in [0.3, 0.4) is 0 Å². The summed E-state index contributed by atoms with van der Waals surface area (Å²) >= 11 is 0. The Bertz CT molecular complexity index is 251. The number of nitrogens with zero attached hydrogens (tertiary/aromatic N) is 2. The quantitative estimate of drug-likeness (QED) is 0.594. The van der Waals surface area contributed by atoms with E-state index in [-0.39, 0.29) is 6.54 Å². The maximum atomic E-state index is 12.4. The summed E-state index contributed by atoms with van der Waals surface area (Å²) in [6, 6.07) is 0. The zero-order valence-corrected chi connectivity index (χ0v) is 6.76. The van der Waals surface area contributed by atoms with Gasteiger partial charge in [0.2, 0.25) is 0 Å². The van der Waals surface area contributed by atoms with Gasteiger partial charge in [-0.05, 0) is 0 Å². The number of carbonyl (C=O) groups is 1. The molecule has 0 aromatic heterocycles. The number of alkyl halides is 3. The minimum absolute atomic E-state index is 0.103. The van der Waals surface area contributed by atoms with Crippen molar-refractivity contribution in [3.63, 3.8) is 0 Å². The van der Waals surface area contributed by atoms with Gasteiger partial charge in [0.1, 0.15) is 0 Å². The highest BCUT2D eigenvalue weighted by Gasteiger charge is 2.63. The van der Waals surface area contributed by atoms with E-state index in [1.165, 1.54) is 0 Å². The topological polar surface area (TPSA) is 51.0 Å². The molecule has 0 aliphatic carbocycles. The molecular formula is C6H7F3N2O2. The van der Waals surface area contributed by atoms with E-state index >= 15 is 0 Å². The van der Waals surface area contributed by atoms with Crippen molar-refractivity contribution in [3.8, 4) is 0 Å². The highest BCUT2D eigenvalue weighted by molar-refractivity contribution is 5.82. The van der Waals surface area contributed by atoms with Crippen LogP contribution in [0.4, 0.5) is 13.2 Å². The lowest BCUT2D eigenvalue weighted by Crippen LogP contribution is -2.49. The van der Waals surface area contributed by atoms with Crippen LogP contribution in [0.1, 0.15) is 6.42 Å². The van der Waals surface area contributed by atoms with Gasteiger partial charge in [0.25, 0.3) is 5.54 Å². The van der Waals surface area contributed by atoms with Crippen LogP contribution in [0.5, 0.6) is 0 Å². The fourth-order valence-corrected chi connectivity index (χ4v) is 1.06. The number of methoxy groups -OCH3 is 1. The first-order chi connectivity index (χ1) is 5.94. The van der Waals surface area contributed by atoms with Crippen molar-refractivity contribution in [2.45, 2.75) is 18.1 Å². The van der Waals surface area contributed by atoms with E-state index in [4.69, 9.17) is 0 Å². The molecular weight excluding hydrogens is 189 g/mol. The van der Waals surface area contributed by atoms with E-state index < -0.39 is 24.1 Å². The largest absolute Gasteiger partial charge is 0.467 e. The molecule has 1 heterocycles. The molecule has 1 atom stereocenters. The van der Waals surface area contributed by atoms with E-state index in [0.29, 0.717) is 0 Å². The number of azo groups is 1. The third-order valence-corrected chi connectivity index (χ3v) is 1.81. The normalized spacial score (nSPS) is 27.7. The van der Waals surface area contributed by atoms with E-state index in [2.05, 4.69) is 15.0 Å². The summed E-state index contributed by atoms with van der Waals surface area (Å²) in [5, 5.41) is 6.11.